The van der Waals surface area contributed by atoms with Crippen LogP contribution in [-0.2, 0) is 42.9 Å². The summed E-state index contributed by atoms with van der Waals surface area (Å²) in [4.78, 5) is 51.1. The van der Waals surface area contributed by atoms with Gasteiger partial charge in [0.2, 0.25) is 0 Å². The van der Waals surface area contributed by atoms with Crippen molar-refractivity contribution < 1.29 is 58.2 Å². The molecule has 0 radical (unpaired) electrons. The standard InChI is InChI=1S/C65H102O12/c1-4-7-10-13-16-19-22-25-27-28-29-30-32-34-36-39-42-45-48-51-57(66)73-54-56(75-58(67)52-49-46-43-40-38-35-31-26-23-20-17-14-11-8-5-2)55-74-65-63(61(70)60(69)62(77-65)64(71)72)76-59(68)53-50-47-44-41-37-33-24-21-18-15-12-9-6-3/h7-8,10-11,16-17,19-21,24-27,29-31,38,40,46,49,56,60-63,65,69-70H,4-6,9,12-15,18,22-23,28,32-37,39,41-45,47-48,50-55H2,1-3H3,(H,71,72)/b10-7-,11-8-,19-16-,20-17-,24-21-,27-25-,30-29-,31-26-,40-38-,49-46-. The number of aliphatic hydroxyl groups is 2. The fourth-order valence-electron chi connectivity index (χ4n) is 8.07. The topological polar surface area (TPSA) is 175 Å². The van der Waals surface area contributed by atoms with Crippen molar-refractivity contribution >= 4 is 23.9 Å². The van der Waals surface area contributed by atoms with Crippen LogP contribution in [0.5, 0.6) is 0 Å². The molecule has 0 aromatic heterocycles. The molecule has 77 heavy (non-hydrogen) atoms. The Morgan fingerprint density at radius 3 is 1.32 bits per heavy atom. The van der Waals surface area contributed by atoms with Gasteiger partial charge in [-0.1, -0.05) is 206 Å². The zero-order valence-electron chi connectivity index (χ0n) is 47.7. The highest BCUT2D eigenvalue weighted by atomic mass is 16.7. The summed E-state index contributed by atoms with van der Waals surface area (Å²) >= 11 is 0. The third kappa shape index (κ3) is 41.8. The smallest absolute Gasteiger partial charge is 0.335 e. The van der Waals surface area contributed by atoms with Gasteiger partial charge in [0, 0.05) is 12.8 Å². The first kappa shape index (κ1) is 70.1. The molecule has 1 aliphatic rings. The van der Waals surface area contributed by atoms with Crippen molar-refractivity contribution in [2.24, 2.45) is 0 Å². The monoisotopic (exact) mass is 1070 g/mol. The van der Waals surface area contributed by atoms with Crippen LogP contribution in [0.1, 0.15) is 213 Å². The first-order chi connectivity index (χ1) is 37.6. The van der Waals surface area contributed by atoms with Crippen LogP contribution < -0.4 is 0 Å². The van der Waals surface area contributed by atoms with E-state index < -0.39 is 67.3 Å². The summed E-state index contributed by atoms with van der Waals surface area (Å²) in [6, 6.07) is 0. The zero-order chi connectivity index (χ0) is 56.1. The van der Waals surface area contributed by atoms with E-state index in [1.807, 2.05) is 18.2 Å². The van der Waals surface area contributed by atoms with Gasteiger partial charge in [-0.15, -0.1) is 0 Å². The number of unbranched alkanes of at least 4 members (excludes halogenated alkanes) is 15. The van der Waals surface area contributed by atoms with Crippen molar-refractivity contribution in [2.45, 2.75) is 250 Å². The molecule has 1 rings (SSSR count). The average molecular weight is 1080 g/mol. The number of allylic oxidation sites excluding steroid dienone is 19. The van der Waals surface area contributed by atoms with Crippen molar-refractivity contribution in [1.29, 1.82) is 0 Å². The van der Waals surface area contributed by atoms with E-state index in [1.165, 1.54) is 25.7 Å². The number of carboxylic acids is 1. The Kier molecular flexibility index (Phi) is 47.2. The van der Waals surface area contributed by atoms with E-state index in [0.29, 0.717) is 19.3 Å². The number of esters is 3. The second kappa shape index (κ2) is 51.9. The molecular weight excluding hydrogens is 973 g/mol. The Bertz CT molecular complexity index is 1800. The molecule has 12 nitrogen and oxygen atoms in total. The van der Waals surface area contributed by atoms with Gasteiger partial charge in [0.1, 0.15) is 18.8 Å². The van der Waals surface area contributed by atoms with E-state index in [2.05, 4.69) is 118 Å². The van der Waals surface area contributed by atoms with Gasteiger partial charge < -0.3 is 39.0 Å². The largest absolute Gasteiger partial charge is 0.479 e. The lowest BCUT2D eigenvalue weighted by Crippen LogP contribution is -2.61. The normalized spacial score (nSPS) is 18.9. The van der Waals surface area contributed by atoms with Gasteiger partial charge in [0.25, 0.3) is 0 Å². The summed E-state index contributed by atoms with van der Waals surface area (Å²) in [5.74, 6) is -3.33. The summed E-state index contributed by atoms with van der Waals surface area (Å²) in [5.41, 5.74) is 0. The molecule has 1 fully saturated rings. The number of aliphatic hydroxyl groups excluding tert-OH is 2. The predicted octanol–water partition coefficient (Wildman–Crippen LogP) is 15.2. The Morgan fingerprint density at radius 2 is 0.857 bits per heavy atom. The van der Waals surface area contributed by atoms with Gasteiger partial charge in [-0.2, -0.15) is 0 Å². The van der Waals surface area contributed by atoms with E-state index in [4.69, 9.17) is 23.7 Å². The van der Waals surface area contributed by atoms with Crippen LogP contribution in [-0.4, -0.2) is 89.2 Å². The highest BCUT2D eigenvalue weighted by Gasteiger charge is 2.50. The summed E-state index contributed by atoms with van der Waals surface area (Å²) < 4.78 is 28.3. The quantitative estimate of drug-likeness (QED) is 0.0228. The van der Waals surface area contributed by atoms with E-state index >= 15 is 0 Å². The summed E-state index contributed by atoms with van der Waals surface area (Å²) in [7, 11) is 0. The van der Waals surface area contributed by atoms with Crippen LogP contribution >= 0.6 is 0 Å². The summed E-state index contributed by atoms with van der Waals surface area (Å²) in [6.45, 7) is 5.63. The van der Waals surface area contributed by atoms with E-state index in [9.17, 15) is 34.5 Å². The van der Waals surface area contributed by atoms with Gasteiger partial charge in [0.15, 0.2) is 24.6 Å². The van der Waals surface area contributed by atoms with Crippen molar-refractivity contribution in [3.8, 4) is 0 Å². The second-order valence-corrected chi connectivity index (χ2v) is 19.5. The molecule has 0 aromatic carbocycles. The molecular formula is C65H102O12. The van der Waals surface area contributed by atoms with Crippen molar-refractivity contribution in [1.82, 2.24) is 0 Å². The van der Waals surface area contributed by atoms with Crippen LogP contribution in [0.15, 0.2) is 122 Å². The first-order valence-electron chi connectivity index (χ1n) is 29.5. The number of aliphatic carboxylic acids is 1. The first-order valence-corrected chi connectivity index (χ1v) is 29.5. The van der Waals surface area contributed by atoms with Crippen LogP contribution in [0, 0.1) is 0 Å². The van der Waals surface area contributed by atoms with Gasteiger partial charge in [-0.05, 0) is 109 Å². The molecule has 0 amide bonds. The summed E-state index contributed by atoms with van der Waals surface area (Å²) in [5, 5.41) is 31.5. The van der Waals surface area contributed by atoms with E-state index in [1.54, 1.807) is 6.08 Å². The predicted molar refractivity (Wildman–Crippen MR) is 312 cm³/mol. The van der Waals surface area contributed by atoms with Crippen LogP contribution in [0.2, 0.25) is 0 Å². The number of ether oxygens (including phenoxy) is 5. The maximum Gasteiger partial charge on any atom is 0.335 e. The molecule has 3 N–H and O–H groups in total. The highest BCUT2D eigenvalue weighted by Crippen LogP contribution is 2.26. The Morgan fingerprint density at radius 1 is 0.455 bits per heavy atom. The lowest BCUT2D eigenvalue weighted by atomic mass is 9.98. The molecule has 0 aliphatic carbocycles. The Hall–Kier alpha value is -4.88. The molecule has 1 saturated heterocycles. The molecule has 1 heterocycles. The second-order valence-electron chi connectivity index (χ2n) is 19.5. The van der Waals surface area contributed by atoms with Gasteiger partial charge in [-0.25, -0.2) is 4.79 Å². The average Bonchev–Trinajstić information content (AvgIpc) is 3.41. The highest BCUT2D eigenvalue weighted by molar-refractivity contribution is 5.74. The van der Waals surface area contributed by atoms with Gasteiger partial charge in [0.05, 0.1) is 13.0 Å². The maximum atomic E-state index is 13.1. The number of carboxylic acid groups (broad SMARTS) is 1. The van der Waals surface area contributed by atoms with Crippen molar-refractivity contribution in [2.75, 3.05) is 13.2 Å². The lowest BCUT2D eigenvalue weighted by Gasteiger charge is -2.40. The Labute approximate surface area is 465 Å². The van der Waals surface area contributed by atoms with Gasteiger partial charge >= 0.3 is 23.9 Å². The molecule has 434 valence electrons. The minimum Gasteiger partial charge on any atom is -0.479 e. The SMILES string of the molecule is CC/C=C\C/C=C\C/C=C\C/C=C\C/C=C\CC(=O)OC(COC(=O)CCCCCCCC/C=C\C/C=C\C/C=C\C/C=C\CC)COC1OC(C(=O)O)C(O)C(O)C1OC(=O)CCCCCCC/C=C\CCCCCC. The number of carbonyl (C=O) groups is 4. The molecule has 6 unspecified atom stereocenters. The van der Waals surface area contributed by atoms with Crippen LogP contribution in [0.25, 0.3) is 0 Å². The minimum absolute atomic E-state index is 0.0325. The van der Waals surface area contributed by atoms with Gasteiger partial charge in [-0.3, -0.25) is 14.4 Å². The lowest BCUT2D eigenvalue weighted by molar-refractivity contribution is -0.301. The molecule has 0 spiro atoms. The fourth-order valence-corrected chi connectivity index (χ4v) is 8.07. The van der Waals surface area contributed by atoms with Crippen LogP contribution in [0.3, 0.4) is 0 Å². The third-order valence-electron chi connectivity index (χ3n) is 12.5. The molecule has 1 aliphatic heterocycles. The van der Waals surface area contributed by atoms with E-state index in [0.717, 1.165) is 128 Å². The molecule has 6 atom stereocenters. The summed E-state index contributed by atoms with van der Waals surface area (Å²) in [6.07, 6.45) is 59.1. The number of hydrogen-bond acceptors (Lipinski definition) is 11. The van der Waals surface area contributed by atoms with Crippen molar-refractivity contribution in [3.05, 3.63) is 122 Å². The third-order valence-corrected chi connectivity index (χ3v) is 12.5. The zero-order valence-corrected chi connectivity index (χ0v) is 47.7. The fraction of sp³-hybridized carbons (Fsp3) is 0.631. The molecule has 0 aromatic rings. The minimum atomic E-state index is -1.93. The van der Waals surface area contributed by atoms with Crippen molar-refractivity contribution in [3.63, 3.8) is 0 Å². The molecule has 0 bridgehead atoms. The number of carbonyl (C=O) groups excluding carboxylic acids is 3. The van der Waals surface area contributed by atoms with Crippen LogP contribution in [0.4, 0.5) is 0 Å². The van der Waals surface area contributed by atoms with E-state index in [-0.39, 0.29) is 25.9 Å². The molecule has 12 heteroatoms. The maximum absolute atomic E-state index is 13.1. The number of hydrogen-bond donors (Lipinski definition) is 3. The number of rotatable bonds is 48. The Balaban J connectivity index is 2.76. The molecule has 0 saturated carbocycles.